The predicted molar refractivity (Wildman–Crippen MR) is 48.0 cm³/mol. The van der Waals surface area contributed by atoms with Crippen LogP contribution in [0.1, 0.15) is 6.92 Å². The Bertz CT molecular complexity index is 194. The second kappa shape index (κ2) is 5.29. The average molecular weight is 204 g/mol. The van der Waals surface area contributed by atoms with E-state index in [0.717, 1.165) is 0 Å². The number of rotatable bonds is 3. The van der Waals surface area contributed by atoms with Crippen LogP contribution in [0.2, 0.25) is 0 Å². The maximum Gasteiger partial charge on any atom is 0.303 e. The van der Waals surface area contributed by atoms with Gasteiger partial charge in [0.15, 0.2) is 6.10 Å². The molecule has 1 rings (SSSR count). The highest BCUT2D eigenvalue weighted by Gasteiger charge is 2.36. The van der Waals surface area contributed by atoms with Gasteiger partial charge in [-0.1, -0.05) is 0 Å². The molecule has 5 heteroatoms. The molecular formula is C9H16O5. The van der Waals surface area contributed by atoms with Gasteiger partial charge in [0.2, 0.25) is 0 Å². The molecule has 3 atom stereocenters. The number of methoxy groups -OCH3 is 2. The Kier molecular flexibility index (Phi) is 4.31. The van der Waals surface area contributed by atoms with E-state index in [-0.39, 0.29) is 24.3 Å². The molecule has 0 N–H and O–H groups in total. The van der Waals surface area contributed by atoms with Crippen LogP contribution in [0, 0.1) is 0 Å². The van der Waals surface area contributed by atoms with E-state index >= 15 is 0 Å². The maximum absolute atomic E-state index is 10.8. The van der Waals surface area contributed by atoms with E-state index in [1.165, 1.54) is 6.92 Å². The fourth-order valence-electron chi connectivity index (χ4n) is 1.55. The van der Waals surface area contributed by atoms with Crippen LogP contribution in [-0.2, 0) is 23.7 Å². The normalized spacial score (nSPS) is 32.6. The highest BCUT2D eigenvalue weighted by Crippen LogP contribution is 2.17. The van der Waals surface area contributed by atoms with Crippen molar-refractivity contribution in [2.75, 3.05) is 27.4 Å². The van der Waals surface area contributed by atoms with Gasteiger partial charge in [0.25, 0.3) is 0 Å². The zero-order valence-corrected chi connectivity index (χ0v) is 8.69. The Labute approximate surface area is 83.3 Å². The van der Waals surface area contributed by atoms with Crippen molar-refractivity contribution in [2.24, 2.45) is 0 Å². The molecule has 1 fully saturated rings. The molecule has 5 nitrogen and oxygen atoms in total. The monoisotopic (exact) mass is 204 g/mol. The van der Waals surface area contributed by atoms with Crippen LogP contribution >= 0.6 is 0 Å². The van der Waals surface area contributed by atoms with Crippen LogP contribution < -0.4 is 0 Å². The minimum absolute atomic E-state index is 0.182. The summed E-state index contributed by atoms with van der Waals surface area (Å²) in [7, 11) is 3.15. The molecule has 1 heterocycles. The van der Waals surface area contributed by atoms with Gasteiger partial charge in [0.1, 0.15) is 12.2 Å². The number of hydrogen-bond acceptors (Lipinski definition) is 5. The topological polar surface area (TPSA) is 54.0 Å². The van der Waals surface area contributed by atoms with E-state index in [9.17, 15) is 4.79 Å². The van der Waals surface area contributed by atoms with Crippen molar-refractivity contribution >= 4 is 5.97 Å². The van der Waals surface area contributed by atoms with E-state index in [4.69, 9.17) is 18.9 Å². The van der Waals surface area contributed by atoms with Gasteiger partial charge in [-0.15, -0.1) is 0 Å². The smallest absolute Gasteiger partial charge is 0.303 e. The summed E-state index contributed by atoms with van der Waals surface area (Å²) in [4.78, 5) is 10.8. The molecular weight excluding hydrogens is 188 g/mol. The van der Waals surface area contributed by atoms with Gasteiger partial charge in [0.05, 0.1) is 13.2 Å². The van der Waals surface area contributed by atoms with Crippen LogP contribution in [0.4, 0.5) is 0 Å². The summed E-state index contributed by atoms with van der Waals surface area (Å²) in [6.07, 6.45) is -0.813. The molecule has 1 aliphatic heterocycles. The first-order valence-corrected chi connectivity index (χ1v) is 4.49. The fraction of sp³-hybridized carbons (Fsp3) is 0.889. The average Bonchev–Trinajstić information content (AvgIpc) is 2.16. The minimum Gasteiger partial charge on any atom is -0.457 e. The van der Waals surface area contributed by atoms with Gasteiger partial charge in [0, 0.05) is 21.1 Å². The van der Waals surface area contributed by atoms with Gasteiger partial charge in [-0.3, -0.25) is 4.79 Å². The van der Waals surface area contributed by atoms with Crippen molar-refractivity contribution in [2.45, 2.75) is 25.2 Å². The Morgan fingerprint density at radius 2 is 1.86 bits per heavy atom. The van der Waals surface area contributed by atoms with Gasteiger partial charge in [-0.25, -0.2) is 0 Å². The van der Waals surface area contributed by atoms with E-state index < -0.39 is 0 Å². The molecule has 0 aromatic rings. The Morgan fingerprint density at radius 1 is 1.21 bits per heavy atom. The highest BCUT2D eigenvalue weighted by molar-refractivity contribution is 5.66. The Morgan fingerprint density at radius 3 is 2.36 bits per heavy atom. The van der Waals surface area contributed by atoms with E-state index in [2.05, 4.69) is 0 Å². The van der Waals surface area contributed by atoms with E-state index in [1.807, 2.05) is 0 Å². The molecule has 0 amide bonds. The lowest BCUT2D eigenvalue weighted by atomic mass is 10.1. The molecule has 0 aromatic carbocycles. The second-order valence-corrected chi connectivity index (χ2v) is 3.16. The van der Waals surface area contributed by atoms with Gasteiger partial charge < -0.3 is 18.9 Å². The molecule has 0 radical (unpaired) electrons. The maximum atomic E-state index is 10.8. The van der Waals surface area contributed by atoms with Gasteiger partial charge in [-0.2, -0.15) is 0 Å². The van der Waals surface area contributed by atoms with E-state index in [0.29, 0.717) is 13.2 Å². The summed E-state index contributed by atoms with van der Waals surface area (Å²) in [5.74, 6) is -0.336. The first-order valence-electron chi connectivity index (χ1n) is 4.49. The van der Waals surface area contributed by atoms with Crippen LogP contribution in [-0.4, -0.2) is 51.7 Å². The summed E-state index contributed by atoms with van der Waals surface area (Å²) < 4.78 is 20.7. The molecule has 0 saturated carbocycles. The first-order chi connectivity index (χ1) is 6.69. The third-order valence-corrected chi connectivity index (χ3v) is 2.19. The molecule has 0 aromatic heterocycles. The lowest BCUT2D eigenvalue weighted by molar-refractivity contribution is -0.194. The first kappa shape index (κ1) is 11.4. The Hall–Kier alpha value is -0.650. The predicted octanol–water partition coefficient (Wildman–Crippen LogP) is -0.0217. The van der Waals surface area contributed by atoms with Crippen LogP contribution in [0.3, 0.4) is 0 Å². The lowest BCUT2D eigenvalue weighted by Crippen LogP contribution is -2.51. The number of hydrogen-bond donors (Lipinski definition) is 0. The number of carbonyl (C=O) groups excluding carboxylic acids is 1. The van der Waals surface area contributed by atoms with Crippen molar-refractivity contribution in [1.29, 1.82) is 0 Å². The number of ether oxygens (including phenoxy) is 4. The van der Waals surface area contributed by atoms with E-state index in [1.54, 1.807) is 14.2 Å². The molecule has 1 aliphatic rings. The molecule has 82 valence electrons. The van der Waals surface area contributed by atoms with Crippen LogP contribution in [0.25, 0.3) is 0 Å². The molecule has 0 bridgehead atoms. The zero-order valence-electron chi connectivity index (χ0n) is 8.69. The summed E-state index contributed by atoms with van der Waals surface area (Å²) in [6, 6.07) is 0. The summed E-state index contributed by atoms with van der Waals surface area (Å²) >= 11 is 0. The lowest BCUT2D eigenvalue weighted by Gasteiger charge is -2.35. The zero-order chi connectivity index (χ0) is 10.6. The molecule has 0 spiro atoms. The fourth-order valence-corrected chi connectivity index (χ4v) is 1.55. The Balaban J connectivity index is 2.58. The largest absolute Gasteiger partial charge is 0.457 e. The van der Waals surface area contributed by atoms with Crippen molar-refractivity contribution < 1.29 is 23.7 Å². The molecule has 0 unspecified atom stereocenters. The van der Waals surface area contributed by atoms with Crippen molar-refractivity contribution in [1.82, 2.24) is 0 Å². The minimum atomic E-state index is -0.379. The molecule has 0 aliphatic carbocycles. The van der Waals surface area contributed by atoms with Crippen molar-refractivity contribution in [3.8, 4) is 0 Å². The molecule has 1 saturated heterocycles. The highest BCUT2D eigenvalue weighted by atomic mass is 16.6. The van der Waals surface area contributed by atoms with Gasteiger partial charge >= 0.3 is 5.97 Å². The number of esters is 1. The van der Waals surface area contributed by atoms with Gasteiger partial charge in [-0.05, 0) is 0 Å². The number of carbonyl (C=O) groups is 1. The quantitative estimate of drug-likeness (QED) is 0.605. The van der Waals surface area contributed by atoms with Crippen LogP contribution in [0.5, 0.6) is 0 Å². The van der Waals surface area contributed by atoms with Crippen molar-refractivity contribution in [3.05, 3.63) is 0 Å². The third-order valence-electron chi connectivity index (χ3n) is 2.19. The van der Waals surface area contributed by atoms with Crippen molar-refractivity contribution in [3.63, 3.8) is 0 Å². The summed E-state index contributed by atoms with van der Waals surface area (Å²) in [5, 5.41) is 0. The van der Waals surface area contributed by atoms with Crippen LogP contribution in [0.15, 0.2) is 0 Å². The summed E-state index contributed by atoms with van der Waals surface area (Å²) in [6.45, 7) is 2.19. The second-order valence-electron chi connectivity index (χ2n) is 3.16. The summed E-state index contributed by atoms with van der Waals surface area (Å²) in [5.41, 5.74) is 0. The molecule has 14 heavy (non-hydrogen) atoms. The SMILES string of the molecule is CO[C@H]1[C@H](OC)COC[C@H]1OC(C)=O. The third kappa shape index (κ3) is 2.67. The standard InChI is InChI=1S/C9H16O5/c1-6(10)14-8-5-13-4-7(11-2)9(8)12-3/h7-9H,4-5H2,1-3H3/t7-,8-,9+/m1/s1.